The number of ether oxygens (including phenoxy) is 1. The third-order valence-electron chi connectivity index (χ3n) is 3.52. The third-order valence-corrected chi connectivity index (χ3v) is 3.52. The largest absolute Gasteiger partial charge is 0.504 e. The second kappa shape index (κ2) is 7.69. The van der Waals surface area contributed by atoms with E-state index >= 15 is 0 Å². The van der Waals surface area contributed by atoms with Crippen molar-refractivity contribution in [1.82, 2.24) is 0 Å². The van der Waals surface area contributed by atoms with E-state index in [1.807, 2.05) is 0 Å². The molecule has 0 unspecified atom stereocenters. The van der Waals surface area contributed by atoms with Crippen LogP contribution in [-0.4, -0.2) is 15.1 Å². The van der Waals surface area contributed by atoms with Gasteiger partial charge in [0.1, 0.15) is 30.1 Å². The summed E-state index contributed by atoms with van der Waals surface area (Å²) in [4.78, 5) is 10.0. The highest BCUT2D eigenvalue weighted by molar-refractivity contribution is 5.64. The highest BCUT2D eigenvalue weighted by Gasteiger charge is 2.19. The van der Waals surface area contributed by atoms with E-state index in [1.54, 1.807) is 37.3 Å². The van der Waals surface area contributed by atoms with Crippen molar-refractivity contribution < 1.29 is 19.9 Å². The lowest BCUT2D eigenvalue weighted by Gasteiger charge is -2.09. The van der Waals surface area contributed by atoms with Gasteiger partial charge >= 0.3 is 5.69 Å². The Morgan fingerprint density at radius 2 is 1.96 bits per heavy atom. The molecule has 0 aliphatic heterocycles. The first-order valence-corrected chi connectivity index (χ1v) is 7.30. The first-order chi connectivity index (χ1) is 12.3. The van der Waals surface area contributed by atoms with Gasteiger partial charge in [0.05, 0.1) is 11.0 Å². The Morgan fingerprint density at radius 1 is 1.27 bits per heavy atom. The van der Waals surface area contributed by atoms with Crippen LogP contribution < -0.4 is 4.74 Å². The second-order valence-corrected chi connectivity index (χ2v) is 5.33. The van der Waals surface area contributed by atoms with Gasteiger partial charge < -0.3 is 14.9 Å². The van der Waals surface area contributed by atoms with Crippen LogP contribution in [0.1, 0.15) is 16.7 Å². The maximum atomic E-state index is 10.8. The Morgan fingerprint density at radius 3 is 2.54 bits per heavy atom. The molecule has 0 radical (unpaired) electrons. The summed E-state index contributed by atoms with van der Waals surface area (Å²) in [6, 6.07) is 10.9. The van der Waals surface area contributed by atoms with Crippen molar-refractivity contribution in [3.63, 3.8) is 0 Å². The zero-order valence-electron chi connectivity index (χ0n) is 13.6. The van der Waals surface area contributed by atoms with Gasteiger partial charge in [-0.25, -0.2) is 0 Å². The number of allylic oxidation sites excluding steroid dienone is 1. The molecule has 2 aromatic carbocycles. The van der Waals surface area contributed by atoms with Crippen molar-refractivity contribution >= 4 is 11.8 Å². The highest BCUT2D eigenvalue weighted by Crippen LogP contribution is 2.39. The summed E-state index contributed by atoms with van der Waals surface area (Å²) in [5.41, 5.74) is 1.60. The van der Waals surface area contributed by atoms with Crippen LogP contribution in [0, 0.1) is 39.7 Å². The first kappa shape index (κ1) is 18.3. The minimum atomic E-state index is -0.824. The van der Waals surface area contributed by atoms with Crippen LogP contribution in [0.2, 0.25) is 0 Å². The number of aryl methyl sites for hydroxylation is 1. The van der Waals surface area contributed by atoms with Gasteiger partial charge in [0.25, 0.3) is 0 Å². The van der Waals surface area contributed by atoms with Crippen molar-refractivity contribution in [2.75, 3.05) is 0 Å². The summed E-state index contributed by atoms with van der Waals surface area (Å²) in [5, 5.41) is 47.5. The smallest absolute Gasteiger partial charge is 0.318 e. The SMILES string of the molecule is Cc1cc(COc2cc(O)c(O)c([N+](=O)[O-])c2)ccc1C=C(C#N)C#N. The fourth-order valence-corrected chi connectivity index (χ4v) is 2.20. The van der Waals surface area contributed by atoms with Gasteiger partial charge in [-0.3, -0.25) is 10.1 Å². The number of aromatic hydroxyl groups is 2. The molecule has 0 atom stereocenters. The van der Waals surface area contributed by atoms with Gasteiger partial charge in [-0.15, -0.1) is 0 Å². The maximum absolute atomic E-state index is 10.8. The van der Waals surface area contributed by atoms with E-state index in [4.69, 9.17) is 15.3 Å². The third kappa shape index (κ3) is 4.08. The fourth-order valence-electron chi connectivity index (χ4n) is 2.20. The number of nitro benzene ring substituents is 1. The molecule has 2 rings (SSSR count). The van der Waals surface area contributed by atoms with Crippen LogP contribution in [0.25, 0.3) is 6.08 Å². The molecule has 8 heteroatoms. The molecule has 2 N–H and O–H groups in total. The van der Waals surface area contributed by atoms with Crippen LogP contribution >= 0.6 is 0 Å². The Labute approximate surface area is 148 Å². The highest BCUT2D eigenvalue weighted by atomic mass is 16.6. The van der Waals surface area contributed by atoms with Crippen LogP contribution in [0.15, 0.2) is 35.9 Å². The molecule has 26 heavy (non-hydrogen) atoms. The van der Waals surface area contributed by atoms with Crippen molar-refractivity contribution in [1.29, 1.82) is 10.5 Å². The molecule has 0 saturated carbocycles. The predicted molar refractivity (Wildman–Crippen MR) is 91.1 cm³/mol. The molecule has 0 spiro atoms. The number of nitro groups is 1. The normalized spacial score (nSPS) is 9.65. The molecule has 0 amide bonds. The second-order valence-electron chi connectivity index (χ2n) is 5.33. The number of phenols is 2. The van der Waals surface area contributed by atoms with Gasteiger partial charge in [-0.2, -0.15) is 10.5 Å². The lowest BCUT2D eigenvalue weighted by molar-refractivity contribution is -0.386. The van der Waals surface area contributed by atoms with Gasteiger partial charge in [-0.05, 0) is 29.7 Å². The molecule has 0 saturated heterocycles. The average molecular weight is 351 g/mol. The molecule has 0 aliphatic rings. The summed E-state index contributed by atoms with van der Waals surface area (Å²) in [7, 11) is 0. The van der Waals surface area contributed by atoms with Gasteiger partial charge in [-0.1, -0.05) is 18.2 Å². The zero-order chi connectivity index (χ0) is 19.3. The van der Waals surface area contributed by atoms with Crippen LogP contribution in [0.3, 0.4) is 0 Å². The van der Waals surface area contributed by atoms with Gasteiger partial charge in [0.15, 0.2) is 5.75 Å². The maximum Gasteiger partial charge on any atom is 0.318 e. The van der Waals surface area contributed by atoms with Crippen molar-refractivity contribution in [3.8, 4) is 29.4 Å². The Bertz CT molecular complexity index is 968. The van der Waals surface area contributed by atoms with Crippen LogP contribution in [-0.2, 0) is 6.61 Å². The molecule has 0 fully saturated rings. The Balaban J connectivity index is 2.20. The van der Waals surface area contributed by atoms with E-state index in [0.717, 1.165) is 23.3 Å². The van der Waals surface area contributed by atoms with E-state index in [-0.39, 0.29) is 17.9 Å². The van der Waals surface area contributed by atoms with Crippen LogP contribution in [0.4, 0.5) is 5.69 Å². The van der Waals surface area contributed by atoms with Gasteiger partial charge in [0.2, 0.25) is 5.75 Å². The van der Waals surface area contributed by atoms with Crippen LogP contribution in [0.5, 0.6) is 17.2 Å². The number of benzene rings is 2. The molecule has 2 aromatic rings. The van der Waals surface area contributed by atoms with Crippen molar-refractivity contribution in [3.05, 3.63) is 62.7 Å². The fraction of sp³-hybridized carbons (Fsp3) is 0.111. The van der Waals surface area contributed by atoms with E-state index in [1.165, 1.54) is 6.08 Å². The van der Waals surface area contributed by atoms with E-state index in [0.29, 0.717) is 5.56 Å². The predicted octanol–water partition coefficient (Wildman–Crippen LogP) is 3.32. The number of hydrogen-bond donors (Lipinski definition) is 2. The quantitative estimate of drug-likeness (QED) is 0.364. The minimum Gasteiger partial charge on any atom is -0.504 e. The topological polar surface area (TPSA) is 140 Å². The summed E-state index contributed by atoms with van der Waals surface area (Å²) in [6.07, 6.45) is 1.47. The van der Waals surface area contributed by atoms with Crippen molar-refractivity contribution in [2.24, 2.45) is 0 Å². The van der Waals surface area contributed by atoms with Crippen molar-refractivity contribution in [2.45, 2.75) is 13.5 Å². The lowest BCUT2D eigenvalue weighted by atomic mass is 10.0. The molecule has 0 aliphatic carbocycles. The van der Waals surface area contributed by atoms with E-state index in [9.17, 15) is 20.3 Å². The molecule has 0 heterocycles. The average Bonchev–Trinajstić information content (AvgIpc) is 2.61. The summed E-state index contributed by atoms with van der Waals surface area (Å²) >= 11 is 0. The number of nitriles is 2. The molecule has 130 valence electrons. The van der Waals surface area contributed by atoms with E-state index in [2.05, 4.69) is 0 Å². The summed E-state index contributed by atoms with van der Waals surface area (Å²) in [6.45, 7) is 1.87. The number of phenolic OH excluding ortho intramolecular Hbond substituents is 2. The molecular weight excluding hydrogens is 338 g/mol. The lowest BCUT2D eigenvalue weighted by Crippen LogP contribution is -1.98. The monoisotopic (exact) mass is 351 g/mol. The van der Waals surface area contributed by atoms with E-state index < -0.39 is 22.1 Å². The molecule has 0 bridgehead atoms. The Hall–Kier alpha value is -4.04. The zero-order valence-corrected chi connectivity index (χ0v) is 13.6. The molecule has 8 nitrogen and oxygen atoms in total. The summed E-state index contributed by atoms with van der Waals surface area (Å²) in [5.74, 6) is -1.43. The minimum absolute atomic E-state index is 0.0102. The summed E-state index contributed by atoms with van der Waals surface area (Å²) < 4.78 is 5.44. The molecule has 0 aromatic heterocycles. The molecular formula is C18H13N3O5. The standard InChI is InChI=1S/C18H13N3O5/c1-11-4-12(2-3-14(11)5-13(8-19)9-20)10-26-15-6-16(21(24)25)18(23)17(22)7-15/h2-7,22-23H,10H2,1H3. The first-order valence-electron chi connectivity index (χ1n) is 7.30. The Kier molecular flexibility index (Phi) is 5.41. The van der Waals surface area contributed by atoms with Gasteiger partial charge in [0, 0.05) is 6.07 Å². The number of rotatable bonds is 5. The number of hydrogen-bond acceptors (Lipinski definition) is 7. The number of nitrogens with zero attached hydrogens (tertiary/aromatic N) is 3.